The van der Waals surface area contributed by atoms with Gasteiger partial charge in [-0.15, -0.1) is 24.0 Å². The minimum atomic E-state index is -1.41. The van der Waals surface area contributed by atoms with Crippen molar-refractivity contribution in [3.63, 3.8) is 0 Å². The molecule has 4 aromatic rings. The number of likely N-dealkylation sites (tertiary alicyclic amines) is 1. The monoisotopic (exact) mass is 1690 g/mol. The van der Waals surface area contributed by atoms with E-state index in [9.17, 15) is 19.2 Å². The minimum absolute atomic E-state index is 0. The minimum Gasteiger partial charge on any atom is -0.444 e. The molecular weight excluding hydrogens is 1560 g/mol. The molecule has 107 heavy (non-hydrogen) atoms. The smallest absolute Gasteiger partial charge is 0.444 e. The molecular formula is C88H132BCl5FIN4O7. The number of ether oxygens (including phenoxy) is 1. The molecule has 0 atom stereocenters. The second kappa shape index (κ2) is 46.3. The van der Waals surface area contributed by atoms with E-state index in [4.69, 9.17) is 72.8 Å². The molecule has 0 bridgehead atoms. The van der Waals surface area contributed by atoms with Gasteiger partial charge in [-0.05, 0) is 283 Å². The van der Waals surface area contributed by atoms with E-state index in [1.54, 1.807) is 35.4 Å². The van der Waals surface area contributed by atoms with Crippen molar-refractivity contribution in [1.82, 2.24) is 20.0 Å². The van der Waals surface area contributed by atoms with E-state index in [0.29, 0.717) is 32.5 Å². The molecule has 4 aromatic carbocycles. The van der Waals surface area contributed by atoms with Crippen LogP contribution in [0.1, 0.15) is 257 Å². The summed E-state index contributed by atoms with van der Waals surface area (Å²) in [5, 5.41) is 24.2. The van der Waals surface area contributed by atoms with E-state index in [2.05, 4.69) is 109 Å². The molecule has 0 radical (unpaired) electrons. The van der Waals surface area contributed by atoms with Crippen LogP contribution >= 0.6 is 82.0 Å². The van der Waals surface area contributed by atoms with Gasteiger partial charge >= 0.3 is 13.2 Å². The van der Waals surface area contributed by atoms with Gasteiger partial charge in [-0.2, -0.15) is 0 Å². The van der Waals surface area contributed by atoms with Crippen LogP contribution in [0.2, 0.25) is 20.1 Å². The number of amides is 1. The average molecular weight is 1690 g/mol. The van der Waals surface area contributed by atoms with Crippen molar-refractivity contribution in [1.29, 1.82) is 0 Å². The molecule has 8 aliphatic rings. The maximum absolute atomic E-state index is 12.3. The highest BCUT2D eigenvalue weighted by molar-refractivity contribution is 14.0. The molecule has 11 nitrogen and oxygen atoms in total. The number of hydrogen-bond donors (Lipinski definition) is 3. The molecule has 0 aromatic heterocycles. The number of ketones is 1. The van der Waals surface area contributed by atoms with Gasteiger partial charge in [0.1, 0.15) is 24.0 Å². The Balaban J connectivity index is 0.000000449. The van der Waals surface area contributed by atoms with Gasteiger partial charge in [-0.3, -0.25) is 28.9 Å². The van der Waals surface area contributed by atoms with Crippen molar-refractivity contribution < 1.29 is 40.1 Å². The van der Waals surface area contributed by atoms with Crippen LogP contribution in [0.25, 0.3) is 16.7 Å². The van der Waals surface area contributed by atoms with E-state index in [1.807, 2.05) is 74.2 Å². The van der Waals surface area contributed by atoms with Gasteiger partial charge in [0.05, 0.1) is 0 Å². The average Bonchev–Trinajstić information content (AvgIpc) is 0.769. The summed E-state index contributed by atoms with van der Waals surface area (Å²) in [6.07, 6.45) is 26.9. The lowest BCUT2D eigenvalue weighted by molar-refractivity contribution is -0.123. The molecule has 0 unspecified atom stereocenters. The van der Waals surface area contributed by atoms with Crippen LogP contribution < -0.4 is 10.8 Å². The lowest BCUT2D eigenvalue weighted by Gasteiger charge is -2.39. The second-order valence-corrected chi connectivity index (χ2v) is 37.0. The number of carbonyl (C=O) groups is 4. The Hall–Kier alpha value is -3.91. The van der Waals surface area contributed by atoms with Crippen LogP contribution in [0, 0.1) is 27.1 Å². The number of nitrogens with zero attached hydrogens (tertiary/aromatic N) is 3. The first-order chi connectivity index (χ1) is 48.9. The Labute approximate surface area is 688 Å². The van der Waals surface area contributed by atoms with Gasteiger partial charge in [-0.1, -0.05) is 207 Å². The molecule has 19 heteroatoms. The Bertz CT molecular complexity index is 3510. The summed E-state index contributed by atoms with van der Waals surface area (Å²) in [7, 11) is -1.41. The number of piperazine rings is 1. The van der Waals surface area contributed by atoms with Gasteiger partial charge in [-0.25, -0.2) is 4.79 Å². The Morgan fingerprint density at radius 2 is 0.850 bits per heavy atom. The molecule has 1 saturated carbocycles. The summed E-state index contributed by atoms with van der Waals surface area (Å²) < 4.78 is 5.52. The number of hydrogen-bond acceptors (Lipinski definition) is 10. The summed E-state index contributed by atoms with van der Waals surface area (Å²) in [4.78, 5) is 51.7. The molecule has 3 aliphatic heterocycles. The van der Waals surface area contributed by atoms with Gasteiger partial charge in [0.2, 0.25) is 0 Å². The zero-order chi connectivity index (χ0) is 76.5. The van der Waals surface area contributed by atoms with Gasteiger partial charge in [0, 0.05) is 84.2 Å². The molecule has 598 valence electrons. The van der Waals surface area contributed by atoms with Crippen molar-refractivity contribution >= 4 is 136 Å². The highest BCUT2D eigenvalue weighted by Crippen LogP contribution is 2.47. The molecule has 12 rings (SSSR count). The quantitative estimate of drug-likeness (QED) is 0.0799. The van der Waals surface area contributed by atoms with Crippen molar-refractivity contribution in [3.8, 4) is 0 Å². The van der Waals surface area contributed by atoms with Crippen LogP contribution in [0.4, 0.5) is 9.50 Å². The molecule has 3 saturated heterocycles. The standard InChI is InChI=1S/C24H35ClN2O2.C20H28ClN.C15H17ClO.C9H13ClO.C8H14O.C6H6BClO2.C5H11N.CH4.FH.HI.H2/c1-23(2,3)29-22(28)27-14-12-26(13-15-27)17-19-10-11-24(4,5)16-21(19)18-6-8-20(25)9-7-18;1-20(2)11-10-17(15-22-12-4-3-5-13-22)19(14-20)16-6-8-18(21)9-7-16;1-15(2)8-7-12(10-17)14(9-15)11-3-5-13(16)6-4-11;1-9(2)4-3-7(6-11)8(10)5-9;1-8(2)5-3-4-7(9)6-8;8-6-3-1-5(2-4-6)7(9)10;1-2-4-6-5-3-1;;;;/h6-9H,10-17H2,1-5H3;6-9H,3-5,10-15H2,1-2H3;3-6,10H,7-9H2,1-2H3;6H,3-5H2,1-2H3;3-6H2,1-2H3;1-4,9-10H;6H,1-5H2;1H4;3*1H. The molecule has 3 heterocycles. The summed E-state index contributed by atoms with van der Waals surface area (Å²) in [6, 6.07) is 30.9. The lowest BCUT2D eigenvalue weighted by atomic mass is 9.72. The van der Waals surface area contributed by atoms with Crippen LogP contribution in [-0.2, 0) is 19.1 Å². The van der Waals surface area contributed by atoms with E-state index in [0.717, 1.165) is 153 Å². The van der Waals surface area contributed by atoms with Crippen LogP contribution in [0.15, 0.2) is 124 Å². The molecule has 5 aliphatic carbocycles. The van der Waals surface area contributed by atoms with Crippen LogP contribution in [0.5, 0.6) is 0 Å². The largest absolute Gasteiger partial charge is 0.488 e. The SMILES string of the molecule is C.C1CCNCC1.CC1(C)CCC(C=O)=C(Cl)C1.CC1(C)CCC(C=O)=C(c2ccc(Cl)cc2)C1.CC1(C)CCC(CN2CCCCC2)=C(c2ccc(Cl)cc2)C1.CC1(C)CCC(CN2CCN(C(=O)OC(C)(C)C)CC2)=C(c2ccc(Cl)cc2)C1.CC1(C)CCCC(=O)C1.F.I.OB(O)c1ccc(Cl)cc1.[HH]. The van der Waals surface area contributed by atoms with Gasteiger partial charge < -0.3 is 25.0 Å². The van der Waals surface area contributed by atoms with E-state index >= 15 is 0 Å². The number of Topliss-reactive ketones (excluding diaryl/α,β-unsaturated/α-hetero) is 1. The first-order valence-corrected chi connectivity index (χ1v) is 40.3. The Kier molecular flexibility index (Phi) is 42.1. The normalized spacial score (nSPS) is 20.2. The number of nitrogens with one attached hydrogen (secondary N) is 1. The topological polar surface area (TPSA) is 140 Å². The highest BCUT2D eigenvalue weighted by atomic mass is 127. The fourth-order valence-corrected chi connectivity index (χ4v) is 15.6. The molecule has 1 amide bonds. The zero-order valence-electron chi connectivity index (χ0n) is 66.1. The molecule has 4 fully saturated rings. The molecule has 3 N–H and O–H groups in total. The third kappa shape index (κ3) is 35.8. The van der Waals surface area contributed by atoms with Gasteiger partial charge in [0.25, 0.3) is 0 Å². The van der Waals surface area contributed by atoms with Crippen LogP contribution in [0.3, 0.4) is 0 Å². The summed E-state index contributed by atoms with van der Waals surface area (Å²) in [5.41, 5.74) is 14.6. The highest BCUT2D eigenvalue weighted by Gasteiger charge is 2.34. The third-order valence-corrected chi connectivity index (χ3v) is 22.4. The van der Waals surface area contributed by atoms with Gasteiger partial charge in [0.15, 0.2) is 0 Å². The number of allylic oxidation sites excluding steroid dienone is 6. The summed E-state index contributed by atoms with van der Waals surface area (Å²) >= 11 is 29.5. The van der Waals surface area contributed by atoms with Crippen molar-refractivity contribution in [2.75, 3.05) is 65.4 Å². The van der Waals surface area contributed by atoms with Crippen molar-refractivity contribution in [3.05, 3.63) is 161 Å². The van der Waals surface area contributed by atoms with E-state index in [1.165, 1.54) is 131 Å². The second-order valence-electron chi connectivity index (χ2n) is 34.8. The summed E-state index contributed by atoms with van der Waals surface area (Å²) in [5.74, 6) is 0.450. The number of benzene rings is 4. The zero-order valence-corrected chi connectivity index (χ0v) is 72.2. The Morgan fingerprint density at radius 3 is 1.21 bits per heavy atom. The number of halogens is 7. The number of aldehydes is 2. The predicted octanol–water partition coefficient (Wildman–Crippen LogP) is 23.6. The predicted molar refractivity (Wildman–Crippen MR) is 467 cm³/mol. The van der Waals surface area contributed by atoms with E-state index in [-0.39, 0.29) is 54.5 Å². The van der Waals surface area contributed by atoms with Crippen LogP contribution in [-0.4, -0.2) is 127 Å². The first-order valence-electron chi connectivity index (χ1n) is 38.4. The number of piperidine rings is 2. The van der Waals surface area contributed by atoms with Crippen molar-refractivity contribution in [2.45, 2.75) is 244 Å². The third-order valence-electron chi connectivity index (χ3n) is 21.1. The number of rotatable bonds is 10. The fraction of sp³-hybridized carbons (Fsp3) is 0.591. The maximum Gasteiger partial charge on any atom is 0.488 e. The van der Waals surface area contributed by atoms with Crippen molar-refractivity contribution in [2.24, 2.45) is 27.1 Å². The maximum atomic E-state index is 12.3. The Morgan fingerprint density at radius 1 is 0.486 bits per heavy atom. The van der Waals surface area contributed by atoms with E-state index < -0.39 is 12.7 Å². The lowest BCUT2D eigenvalue weighted by Crippen LogP contribution is -2.50. The number of carbonyl (C=O) groups excluding carboxylic acids is 4. The summed E-state index contributed by atoms with van der Waals surface area (Å²) in [6.45, 7) is 38.9. The fourth-order valence-electron chi connectivity index (χ4n) is 14.6. The molecule has 0 spiro atoms. The first kappa shape index (κ1) is 97.3.